The number of rotatable bonds is 4. The molecular weight excluding hydrogens is 262 g/mol. The molecule has 0 amide bonds. The van der Waals surface area contributed by atoms with Crippen LogP contribution in [0.15, 0.2) is 54.6 Å². The smallest absolute Gasteiger partial charge is 0.311 e. The second-order valence-electron chi connectivity index (χ2n) is 5.75. The average Bonchev–Trinajstić information content (AvgIpc) is 2.99. The zero-order valence-corrected chi connectivity index (χ0v) is 11.9. The first-order valence-electron chi connectivity index (χ1n) is 7.28. The summed E-state index contributed by atoms with van der Waals surface area (Å²) in [4.78, 5) is 11.6. The van der Waals surface area contributed by atoms with Gasteiger partial charge in [-0.05, 0) is 36.1 Å². The van der Waals surface area contributed by atoms with Gasteiger partial charge >= 0.3 is 5.97 Å². The molecule has 0 bridgehead atoms. The lowest BCUT2D eigenvalue weighted by Crippen LogP contribution is -2.35. The highest BCUT2D eigenvalue weighted by molar-refractivity contribution is 5.76. The number of aliphatic carboxylic acids is 1. The Balaban J connectivity index is 1.80. The third kappa shape index (κ3) is 2.83. The fourth-order valence-electron chi connectivity index (χ4n) is 2.99. The summed E-state index contributed by atoms with van der Waals surface area (Å²) in [6, 6.07) is 18.4. The Morgan fingerprint density at radius 3 is 2.29 bits per heavy atom. The van der Waals surface area contributed by atoms with Gasteiger partial charge in [0.15, 0.2) is 0 Å². The molecule has 3 nitrogen and oxygen atoms in total. The van der Waals surface area contributed by atoms with Crippen LogP contribution in [-0.4, -0.2) is 24.2 Å². The van der Waals surface area contributed by atoms with Crippen molar-refractivity contribution < 1.29 is 9.90 Å². The average molecular weight is 281 g/mol. The number of nitrogens with one attached hydrogen (secondary N) is 1. The lowest BCUT2D eigenvalue weighted by Gasteiger charge is -2.23. The van der Waals surface area contributed by atoms with Gasteiger partial charge in [0.2, 0.25) is 0 Å². The maximum Gasteiger partial charge on any atom is 0.311 e. The number of carbonyl (C=O) groups is 1. The summed E-state index contributed by atoms with van der Waals surface area (Å²) in [6.45, 7) is 1.34. The molecule has 0 saturated carbocycles. The van der Waals surface area contributed by atoms with Crippen molar-refractivity contribution in [3.63, 3.8) is 0 Å². The number of hydrogen-bond donors (Lipinski definition) is 2. The van der Waals surface area contributed by atoms with E-state index in [0.29, 0.717) is 19.4 Å². The molecule has 0 aromatic heterocycles. The van der Waals surface area contributed by atoms with E-state index < -0.39 is 11.4 Å². The first-order chi connectivity index (χ1) is 10.2. The molecule has 1 atom stereocenters. The highest BCUT2D eigenvalue weighted by Gasteiger charge is 2.41. The van der Waals surface area contributed by atoms with Gasteiger partial charge < -0.3 is 10.4 Å². The quantitative estimate of drug-likeness (QED) is 0.906. The Labute approximate surface area is 124 Å². The zero-order chi connectivity index (χ0) is 14.7. The second-order valence-corrected chi connectivity index (χ2v) is 5.75. The molecule has 1 aliphatic rings. The monoisotopic (exact) mass is 281 g/mol. The minimum atomic E-state index is -0.695. The molecule has 2 aromatic carbocycles. The Bertz CT molecular complexity index is 613. The summed E-state index contributed by atoms with van der Waals surface area (Å²) in [5, 5.41) is 12.7. The fraction of sp³-hybridized carbons (Fsp3) is 0.278. The van der Waals surface area contributed by atoms with Crippen LogP contribution in [0.1, 0.15) is 12.0 Å². The molecule has 1 saturated heterocycles. The molecule has 0 unspecified atom stereocenters. The maximum absolute atomic E-state index is 11.6. The van der Waals surface area contributed by atoms with Crippen LogP contribution in [0.2, 0.25) is 0 Å². The van der Waals surface area contributed by atoms with Crippen molar-refractivity contribution in [1.29, 1.82) is 0 Å². The molecule has 21 heavy (non-hydrogen) atoms. The SMILES string of the molecule is O=C(O)[C@@]1(Cc2ccc(-c3ccccc3)cc2)CCNC1. The van der Waals surface area contributed by atoms with Crippen molar-refractivity contribution in [3.05, 3.63) is 60.2 Å². The van der Waals surface area contributed by atoms with E-state index in [1.54, 1.807) is 0 Å². The molecular formula is C18H19NO2. The van der Waals surface area contributed by atoms with Gasteiger partial charge in [-0.2, -0.15) is 0 Å². The summed E-state index contributed by atoms with van der Waals surface area (Å²) in [6.07, 6.45) is 1.28. The van der Waals surface area contributed by atoms with E-state index in [2.05, 4.69) is 29.6 Å². The van der Waals surface area contributed by atoms with Crippen molar-refractivity contribution in [2.24, 2.45) is 5.41 Å². The second kappa shape index (κ2) is 5.70. The van der Waals surface area contributed by atoms with Gasteiger partial charge in [0.25, 0.3) is 0 Å². The van der Waals surface area contributed by atoms with E-state index in [4.69, 9.17) is 0 Å². The Morgan fingerprint density at radius 2 is 1.71 bits per heavy atom. The van der Waals surface area contributed by atoms with E-state index in [1.807, 2.05) is 30.3 Å². The van der Waals surface area contributed by atoms with Crippen LogP contribution < -0.4 is 5.32 Å². The summed E-state index contributed by atoms with van der Waals surface area (Å²) in [5.74, 6) is -0.695. The number of carboxylic acid groups (broad SMARTS) is 1. The van der Waals surface area contributed by atoms with Crippen molar-refractivity contribution in [2.75, 3.05) is 13.1 Å². The fourth-order valence-corrected chi connectivity index (χ4v) is 2.99. The van der Waals surface area contributed by atoms with Gasteiger partial charge in [0.05, 0.1) is 5.41 Å². The van der Waals surface area contributed by atoms with Crippen LogP contribution in [0.5, 0.6) is 0 Å². The topological polar surface area (TPSA) is 49.3 Å². The van der Waals surface area contributed by atoms with Crippen LogP contribution in [-0.2, 0) is 11.2 Å². The molecule has 3 heteroatoms. The van der Waals surface area contributed by atoms with Gasteiger partial charge in [0.1, 0.15) is 0 Å². The van der Waals surface area contributed by atoms with Crippen LogP contribution in [0, 0.1) is 5.41 Å². The summed E-state index contributed by atoms with van der Waals surface area (Å²) in [7, 11) is 0. The number of benzene rings is 2. The minimum absolute atomic E-state index is 0.558. The van der Waals surface area contributed by atoms with Crippen molar-refractivity contribution >= 4 is 5.97 Å². The van der Waals surface area contributed by atoms with Gasteiger partial charge in [-0.1, -0.05) is 54.6 Å². The summed E-state index contributed by atoms with van der Waals surface area (Å²) < 4.78 is 0. The summed E-state index contributed by atoms with van der Waals surface area (Å²) >= 11 is 0. The standard InChI is InChI=1S/C18H19NO2/c20-17(21)18(10-11-19-13-18)12-14-6-8-16(9-7-14)15-4-2-1-3-5-15/h1-9,19H,10-13H2,(H,20,21)/t18-/m1/s1. The maximum atomic E-state index is 11.6. The number of hydrogen-bond acceptors (Lipinski definition) is 2. The molecule has 0 aliphatic carbocycles. The third-order valence-corrected chi connectivity index (χ3v) is 4.30. The van der Waals surface area contributed by atoms with Crippen molar-refractivity contribution in [2.45, 2.75) is 12.8 Å². The Morgan fingerprint density at radius 1 is 1.05 bits per heavy atom. The molecule has 3 rings (SSSR count). The molecule has 1 heterocycles. The van der Waals surface area contributed by atoms with E-state index in [0.717, 1.165) is 17.7 Å². The Kier molecular flexibility index (Phi) is 3.76. The van der Waals surface area contributed by atoms with Crippen molar-refractivity contribution in [3.8, 4) is 11.1 Å². The van der Waals surface area contributed by atoms with Crippen LogP contribution in [0.3, 0.4) is 0 Å². The number of carboxylic acids is 1. The Hall–Kier alpha value is -2.13. The van der Waals surface area contributed by atoms with Gasteiger partial charge in [-0.25, -0.2) is 0 Å². The van der Waals surface area contributed by atoms with E-state index >= 15 is 0 Å². The van der Waals surface area contributed by atoms with Crippen molar-refractivity contribution in [1.82, 2.24) is 5.32 Å². The first-order valence-corrected chi connectivity index (χ1v) is 7.28. The molecule has 1 aliphatic heterocycles. The molecule has 2 N–H and O–H groups in total. The first kappa shape index (κ1) is 13.8. The van der Waals surface area contributed by atoms with Crippen LogP contribution in [0.25, 0.3) is 11.1 Å². The van der Waals surface area contributed by atoms with E-state index in [9.17, 15) is 9.90 Å². The van der Waals surface area contributed by atoms with Gasteiger partial charge in [0, 0.05) is 6.54 Å². The summed E-state index contributed by atoms with van der Waals surface area (Å²) in [5.41, 5.74) is 2.78. The van der Waals surface area contributed by atoms with E-state index in [1.165, 1.54) is 5.56 Å². The highest BCUT2D eigenvalue weighted by Crippen LogP contribution is 2.31. The normalized spacial score (nSPS) is 21.3. The van der Waals surface area contributed by atoms with Crippen LogP contribution in [0.4, 0.5) is 0 Å². The predicted molar refractivity (Wildman–Crippen MR) is 83.1 cm³/mol. The largest absolute Gasteiger partial charge is 0.481 e. The zero-order valence-electron chi connectivity index (χ0n) is 11.9. The predicted octanol–water partition coefficient (Wildman–Crippen LogP) is 2.96. The minimum Gasteiger partial charge on any atom is -0.481 e. The van der Waals surface area contributed by atoms with Gasteiger partial charge in [-0.3, -0.25) is 4.79 Å². The van der Waals surface area contributed by atoms with Gasteiger partial charge in [-0.15, -0.1) is 0 Å². The van der Waals surface area contributed by atoms with E-state index in [-0.39, 0.29) is 0 Å². The molecule has 1 fully saturated rings. The lowest BCUT2D eigenvalue weighted by atomic mass is 9.80. The third-order valence-electron chi connectivity index (χ3n) is 4.30. The van der Waals surface area contributed by atoms with Crippen LogP contribution >= 0.6 is 0 Å². The molecule has 108 valence electrons. The molecule has 2 aromatic rings. The lowest BCUT2D eigenvalue weighted by molar-refractivity contribution is -0.147. The molecule has 0 spiro atoms. The highest BCUT2D eigenvalue weighted by atomic mass is 16.4. The molecule has 0 radical (unpaired) electrons.